The maximum absolute atomic E-state index is 11.6. The fourth-order valence-electron chi connectivity index (χ4n) is 5.80. The molecule has 2 saturated heterocycles. The Morgan fingerprint density at radius 1 is 0.841 bits per heavy atom. The van der Waals surface area contributed by atoms with Gasteiger partial charge in [-0.1, -0.05) is 46.6 Å². The van der Waals surface area contributed by atoms with E-state index < -0.39 is 49.0 Å². The van der Waals surface area contributed by atoms with Crippen LogP contribution in [0.3, 0.4) is 0 Å². The summed E-state index contributed by atoms with van der Waals surface area (Å²) in [5.74, 6) is 0. The monoisotopic (exact) mass is 622 g/mol. The molecule has 2 aliphatic heterocycles. The summed E-state index contributed by atoms with van der Waals surface area (Å²) in [4.78, 5) is 0. The highest BCUT2D eigenvalue weighted by Crippen LogP contribution is 2.44. The summed E-state index contributed by atoms with van der Waals surface area (Å²) < 4.78 is 17.9. The molecule has 2 fully saturated rings. The van der Waals surface area contributed by atoms with Gasteiger partial charge in [0.25, 0.3) is 0 Å². The third kappa shape index (κ3) is 12.8. The lowest BCUT2D eigenvalue weighted by Crippen LogP contribution is -2.60. The second-order valence-electron chi connectivity index (χ2n) is 14.0. The molecule has 0 aliphatic carbocycles. The van der Waals surface area contributed by atoms with E-state index in [9.17, 15) is 25.5 Å². The zero-order chi connectivity index (χ0) is 33.1. The average Bonchev–Trinajstić information content (AvgIpc) is 3.59. The van der Waals surface area contributed by atoms with E-state index in [1.165, 1.54) is 22.3 Å². The van der Waals surface area contributed by atoms with Crippen molar-refractivity contribution in [1.29, 1.82) is 0 Å². The van der Waals surface area contributed by atoms with Crippen LogP contribution in [0.15, 0.2) is 46.6 Å². The molecule has 0 amide bonds. The van der Waals surface area contributed by atoms with Crippen LogP contribution >= 0.6 is 0 Å². The number of aliphatic hydroxyl groups excluding tert-OH is 4. The predicted molar refractivity (Wildman–Crippen MR) is 175 cm³/mol. The Morgan fingerprint density at radius 3 is 1.95 bits per heavy atom. The van der Waals surface area contributed by atoms with Crippen molar-refractivity contribution < 1.29 is 39.7 Å². The summed E-state index contributed by atoms with van der Waals surface area (Å²) >= 11 is 0. The molecule has 2 rings (SSSR count). The molecule has 4 unspecified atom stereocenters. The Balaban J connectivity index is 2.04. The first-order chi connectivity index (χ1) is 20.6. The van der Waals surface area contributed by atoms with E-state index in [0.29, 0.717) is 25.7 Å². The lowest BCUT2D eigenvalue weighted by atomic mass is 9.87. The standard InChI is InChI=1S/C36H62O8/c1-24(2)13-9-15-26(5)17-11-21-35(7,41)29(43-34-33(40)32(39)31(38)28(23-37)42-34)19-20-30-36(8,44-30)22-12-18-27(6)16-10-14-25(3)4/h13-14,17-18,28-34,37-41H,9-12,15-16,19-23H2,1-8H3/b26-17+,27-18+/t28-,29?,30?,31-,32+,33+,34-,35?,36?/m1/s1. The van der Waals surface area contributed by atoms with Crippen LogP contribution in [0, 0.1) is 0 Å². The number of hydrogen-bond acceptors (Lipinski definition) is 8. The quantitative estimate of drug-likeness (QED) is 0.0902. The van der Waals surface area contributed by atoms with E-state index >= 15 is 0 Å². The summed E-state index contributed by atoms with van der Waals surface area (Å²) in [6.07, 6.45) is 9.35. The fourth-order valence-corrected chi connectivity index (χ4v) is 5.80. The van der Waals surface area contributed by atoms with Gasteiger partial charge in [0.2, 0.25) is 0 Å². The number of aliphatic hydroxyl groups is 5. The Labute approximate surface area is 266 Å². The minimum Gasteiger partial charge on any atom is -0.394 e. The minimum absolute atomic E-state index is 0.0239. The van der Waals surface area contributed by atoms with E-state index in [2.05, 4.69) is 72.8 Å². The molecule has 0 aromatic heterocycles. The van der Waals surface area contributed by atoms with E-state index in [1.807, 2.05) is 0 Å². The molecule has 0 aromatic rings. The topological polar surface area (TPSA) is 132 Å². The average molecular weight is 623 g/mol. The molecule has 0 aromatic carbocycles. The van der Waals surface area contributed by atoms with Gasteiger partial charge in [-0.3, -0.25) is 0 Å². The molecule has 9 atom stereocenters. The van der Waals surface area contributed by atoms with Crippen LogP contribution in [0.25, 0.3) is 0 Å². The smallest absolute Gasteiger partial charge is 0.187 e. The predicted octanol–water partition coefficient (Wildman–Crippen LogP) is 5.81. The highest BCUT2D eigenvalue weighted by atomic mass is 16.7. The molecule has 2 aliphatic rings. The Hall–Kier alpha value is -1.36. The Bertz CT molecular complexity index is 988. The second kappa shape index (κ2) is 18.1. The molecular weight excluding hydrogens is 560 g/mol. The highest BCUT2D eigenvalue weighted by Gasteiger charge is 2.52. The van der Waals surface area contributed by atoms with Crippen molar-refractivity contribution in [1.82, 2.24) is 0 Å². The molecule has 2 heterocycles. The van der Waals surface area contributed by atoms with Crippen molar-refractivity contribution in [2.45, 2.75) is 174 Å². The van der Waals surface area contributed by atoms with Crippen molar-refractivity contribution in [3.63, 3.8) is 0 Å². The zero-order valence-corrected chi connectivity index (χ0v) is 28.6. The first-order valence-electron chi connectivity index (χ1n) is 16.5. The van der Waals surface area contributed by atoms with Crippen molar-refractivity contribution in [2.75, 3.05) is 6.61 Å². The van der Waals surface area contributed by atoms with Gasteiger partial charge < -0.3 is 39.7 Å². The third-order valence-electron chi connectivity index (χ3n) is 9.03. The van der Waals surface area contributed by atoms with E-state index in [4.69, 9.17) is 14.2 Å². The first kappa shape index (κ1) is 38.8. The van der Waals surface area contributed by atoms with Gasteiger partial charge in [0, 0.05) is 0 Å². The minimum atomic E-state index is -1.54. The molecule has 8 heteroatoms. The fraction of sp³-hybridized carbons (Fsp3) is 0.778. The van der Waals surface area contributed by atoms with Gasteiger partial charge in [0.05, 0.1) is 30.0 Å². The van der Waals surface area contributed by atoms with Crippen molar-refractivity contribution in [3.8, 4) is 0 Å². The van der Waals surface area contributed by atoms with Crippen LogP contribution in [0.5, 0.6) is 0 Å². The van der Waals surface area contributed by atoms with Crippen molar-refractivity contribution >= 4 is 0 Å². The summed E-state index contributed by atoms with van der Waals surface area (Å²) in [6, 6.07) is 0. The lowest BCUT2D eigenvalue weighted by Gasteiger charge is -2.43. The molecule has 8 nitrogen and oxygen atoms in total. The van der Waals surface area contributed by atoms with Gasteiger partial charge in [-0.2, -0.15) is 0 Å². The molecule has 0 saturated carbocycles. The second-order valence-corrected chi connectivity index (χ2v) is 14.0. The van der Waals surface area contributed by atoms with Crippen LogP contribution in [0.4, 0.5) is 0 Å². The number of allylic oxidation sites excluding steroid dienone is 8. The summed E-state index contributed by atoms with van der Waals surface area (Å²) in [6.45, 7) is 16.0. The first-order valence-corrected chi connectivity index (χ1v) is 16.5. The SMILES string of the molecule is CC(C)=CCC/C(C)=C/CCC(C)(O)C(CCC1OC1(C)CC/C=C(\C)CCC=C(C)C)O[C@H]1O[C@H](CO)[C@@H](O)[C@H](O)[C@@H]1O. The maximum Gasteiger partial charge on any atom is 0.187 e. The maximum atomic E-state index is 11.6. The number of ether oxygens (including phenoxy) is 3. The highest BCUT2D eigenvalue weighted by molar-refractivity contribution is 5.06. The molecule has 44 heavy (non-hydrogen) atoms. The number of hydrogen-bond donors (Lipinski definition) is 5. The van der Waals surface area contributed by atoms with Crippen LogP contribution in [0.2, 0.25) is 0 Å². The molecule has 5 N–H and O–H groups in total. The molecule has 0 bridgehead atoms. The normalized spacial score (nSPS) is 31.3. The van der Waals surface area contributed by atoms with Crippen molar-refractivity contribution in [3.05, 3.63) is 46.6 Å². The van der Waals surface area contributed by atoms with Gasteiger partial charge in [0.15, 0.2) is 6.29 Å². The van der Waals surface area contributed by atoms with Gasteiger partial charge in [0.1, 0.15) is 24.4 Å². The zero-order valence-electron chi connectivity index (χ0n) is 28.6. The molecular formula is C36H62O8. The van der Waals surface area contributed by atoms with Gasteiger partial charge >= 0.3 is 0 Å². The molecule has 0 spiro atoms. The molecule has 254 valence electrons. The van der Waals surface area contributed by atoms with Crippen molar-refractivity contribution in [2.24, 2.45) is 0 Å². The van der Waals surface area contributed by atoms with Crippen LogP contribution in [-0.4, -0.2) is 86.3 Å². The van der Waals surface area contributed by atoms with Crippen LogP contribution in [-0.2, 0) is 14.2 Å². The van der Waals surface area contributed by atoms with Gasteiger partial charge in [-0.25, -0.2) is 0 Å². The summed E-state index contributed by atoms with van der Waals surface area (Å²) in [5.41, 5.74) is 3.77. The molecule has 0 radical (unpaired) electrons. The number of rotatable bonds is 19. The van der Waals surface area contributed by atoms with E-state index in [-0.39, 0.29) is 11.7 Å². The summed E-state index contributed by atoms with van der Waals surface area (Å²) in [7, 11) is 0. The van der Waals surface area contributed by atoms with E-state index in [1.54, 1.807) is 6.92 Å². The van der Waals surface area contributed by atoms with E-state index in [0.717, 1.165) is 38.5 Å². The van der Waals surface area contributed by atoms with Crippen LogP contribution in [0.1, 0.15) is 120 Å². The Morgan fingerprint density at radius 2 is 1.41 bits per heavy atom. The lowest BCUT2D eigenvalue weighted by molar-refractivity contribution is -0.323. The third-order valence-corrected chi connectivity index (χ3v) is 9.03. The summed E-state index contributed by atoms with van der Waals surface area (Å²) in [5, 5.41) is 52.4. The number of epoxide rings is 1. The van der Waals surface area contributed by atoms with Gasteiger partial charge in [-0.15, -0.1) is 0 Å². The Kier molecular flexibility index (Phi) is 16.0. The van der Waals surface area contributed by atoms with Gasteiger partial charge in [-0.05, 0) is 120 Å². The largest absolute Gasteiger partial charge is 0.394 e. The van der Waals surface area contributed by atoms with Crippen LogP contribution < -0.4 is 0 Å².